The summed E-state index contributed by atoms with van der Waals surface area (Å²) in [7, 11) is 2.02. The van der Waals surface area contributed by atoms with Crippen molar-refractivity contribution in [3.8, 4) is 0 Å². The summed E-state index contributed by atoms with van der Waals surface area (Å²) < 4.78 is 7.85. The summed E-state index contributed by atoms with van der Waals surface area (Å²) in [6.45, 7) is 5.42. The number of aromatic nitrogens is 4. The monoisotopic (exact) mass is 302 g/mol. The Kier molecular flexibility index (Phi) is 4.97. The molecule has 1 atom stereocenters. The summed E-state index contributed by atoms with van der Waals surface area (Å²) >= 11 is 0. The van der Waals surface area contributed by atoms with Gasteiger partial charge in [-0.1, -0.05) is 0 Å². The normalized spacial score (nSPS) is 19.2. The predicted molar refractivity (Wildman–Crippen MR) is 83.7 cm³/mol. The van der Waals surface area contributed by atoms with Crippen LogP contribution in [0.25, 0.3) is 0 Å². The number of morpholine rings is 1. The highest BCUT2D eigenvalue weighted by atomic mass is 16.5. The molecule has 22 heavy (non-hydrogen) atoms. The Morgan fingerprint density at radius 1 is 1.32 bits per heavy atom. The molecule has 118 valence electrons. The molecular formula is C15H22N6O. The number of hydrogen-bond acceptors (Lipinski definition) is 6. The zero-order chi connectivity index (χ0) is 15.2. The van der Waals surface area contributed by atoms with Crippen molar-refractivity contribution in [3.05, 3.63) is 36.8 Å². The maximum absolute atomic E-state index is 5.88. The van der Waals surface area contributed by atoms with Gasteiger partial charge in [-0.25, -0.2) is 0 Å². The molecule has 2 aromatic heterocycles. The number of rotatable bonds is 6. The summed E-state index contributed by atoms with van der Waals surface area (Å²) in [6, 6.07) is 5.82. The first-order valence-electron chi connectivity index (χ1n) is 7.61. The molecule has 0 spiro atoms. The van der Waals surface area contributed by atoms with E-state index in [0.29, 0.717) is 0 Å². The average Bonchev–Trinajstić information content (AvgIpc) is 3.08. The number of ether oxygens (including phenoxy) is 1. The molecular weight excluding hydrogens is 280 g/mol. The van der Waals surface area contributed by atoms with Crippen molar-refractivity contribution in [2.75, 3.05) is 44.7 Å². The summed E-state index contributed by atoms with van der Waals surface area (Å²) in [5, 5.41) is 12.3. The van der Waals surface area contributed by atoms with Crippen molar-refractivity contribution in [2.24, 2.45) is 0 Å². The van der Waals surface area contributed by atoms with Gasteiger partial charge in [-0.2, -0.15) is 10.2 Å². The van der Waals surface area contributed by atoms with E-state index in [1.54, 1.807) is 6.20 Å². The SMILES string of the molecule is CN(C[C@H]1CN(CCn2cccn2)CCO1)c1cccnn1. The third-order valence-electron chi connectivity index (χ3n) is 3.85. The molecule has 0 aliphatic carbocycles. The van der Waals surface area contributed by atoms with Crippen molar-refractivity contribution < 1.29 is 4.74 Å². The van der Waals surface area contributed by atoms with Crippen LogP contribution in [0.3, 0.4) is 0 Å². The zero-order valence-electron chi connectivity index (χ0n) is 12.9. The van der Waals surface area contributed by atoms with E-state index >= 15 is 0 Å². The van der Waals surface area contributed by atoms with Gasteiger partial charge in [0.2, 0.25) is 0 Å². The van der Waals surface area contributed by atoms with Gasteiger partial charge >= 0.3 is 0 Å². The van der Waals surface area contributed by atoms with Gasteiger partial charge in [-0.3, -0.25) is 9.58 Å². The Morgan fingerprint density at radius 2 is 2.27 bits per heavy atom. The van der Waals surface area contributed by atoms with Gasteiger partial charge in [0.25, 0.3) is 0 Å². The number of hydrogen-bond donors (Lipinski definition) is 0. The summed E-state index contributed by atoms with van der Waals surface area (Å²) in [4.78, 5) is 4.52. The predicted octanol–water partition coefficient (Wildman–Crippen LogP) is 0.510. The second-order valence-corrected chi connectivity index (χ2v) is 5.52. The van der Waals surface area contributed by atoms with Gasteiger partial charge in [0.1, 0.15) is 0 Å². The van der Waals surface area contributed by atoms with Crippen LogP contribution in [0.4, 0.5) is 5.82 Å². The van der Waals surface area contributed by atoms with Gasteiger partial charge in [-0.15, -0.1) is 5.10 Å². The Labute approximate surface area is 130 Å². The van der Waals surface area contributed by atoms with E-state index in [1.807, 2.05) is 42.3 Å². The first-order chi connectivity index (χ1) is 10.8. The Hall–Kier alpha value is -1.99. The molecule has 0 bridgehead atoms. The highest BCUT2D eigenvalue weighted by Gasteiger charge is 2.22. The molecule has 1 saturated heterocycles. The van der Waals surface area contributed by atoms with E-state index in [9.17, 15) is 0 Å². The highest BCUT2D eigenvalue weighted by Crippen LogP contribution is 2.11. The first-order valence-corrected chi connectivity index (χ1v) is 7.61. The lowest BCUT2D eigenvalue weighted by molar-refractivity contribution is -0.0247. The van der Waals surface area contributed by atoms with E-state index < -0.39 is 0 Å². The minimum atomic E-state index is 0.193. The van der Waals surface area contributed by atoms with Crippen molar-refractivity contribution in [1.82, 2.24) is 24.9 Å². The molecule has 0 saturated carbocycles. The molecule has 0 N–H and O–H groups in total. The Balaban J connectivity index is 1.48. The lowest BCUT2D eigenvalue weighted by atomic mass is 10.2. The minimum Gasteiger partial charge on any atom is -0.374 e. The molecule has 0 unspecified atom stereocenters. The molecule has 0 radical (unpaired) electrons. The van der Waals surface area contributed by atoms with Crippen LogP contribution in [0.15, 0.2) is 36.8 Å². The maximum atomic E-state index is 5.88. The fourth-order valence-electron chi connectivity index (χ4n) is 2.67. The second-order valence-electron chi connectivity index (χ2n) is 5.52. The number of anilines is 1. The largest absolute Gasteiger partial charge is 0.374 e. The van der Waals surface area contributed by atoms with Crippen molar-refractivity contribution in [2.45, 2.75) is 12.6 Å². The van der Waals surface area contributed by atoms with Crippen molar-refractivity contribution >= 4 is 5.82 Å². The second kappa shape index (κ2) is 7.33. The molecule has 0 aromatic carbocycles. The highest BCUT2D eigenvalue weighted by molar-refractivity contribution is 5.35. The smallest absolute Gasteiger partial charge is 0.151 e. The summed E-state index contributed by atoms with van der Waals surface area (Å²) in [6.07, 6.45) is 5.70. The summed E-state index contributed by atoms with van der Waals surface area (Å²) in [5.41, 5.74) is 0. The van der Waals surface area contributed by atoms with E-state index in [2.05, 4.69) is 25.1 Å². The van der Waals surface area contributed by atoms with Crippen LogP contribution >= 0.6 is 0 Å². The lowest BCUT2D eigenvalue weighted by Gasteiger charge is -2.34. The van der Waals surface area contributed by atoms with Crippen LogP contribution in [0.2, 0.25) is 0 Å². The molecule has 7 nitrogen and oxygen atoms in total. The van der Waals surface area contributed by atoms with Crippen LogP contribution in [-0.4, -0.2) is 70.8 Å². The standard InChI is InChI=1S/C15H22N6O/c1-19(15-4-2-5-16-18-15)12-14-13-20(10-11-22-14)8-9-21-7-3-6-17-21/h2-7,14H,8-13H2,1H3/t14-/m0/s1. The van der Waals surface area contributed by atoms with Gasteiger partial charge in [0, 0.05) is 51.8 Å². The molecule has 3 heterocycles. The van der Waals surface area contributed by atoms with E-state index in [0.717, 1.165) is 45.1 Å². The molecule has 1 aliphatic rings. The maximum Gasteiger partial charge on any atom is 0.151 e. The van der Waals surface area contributed by atoms with Gasteiger partial charge in [0.05, 0.1) is 19.3 Å². The minimum absolute atomic E-state index is 0.193. The van der Waals surface area contributed by atoms with Gasteiger partial charge in [0.15, 0.2) is 5.82 Å². The lowest BCUT2D eigenvalue weighted by Crippen LogP contribution is -2.48. The van der Waals surface area contributed by atoms with Crippen LogP contribution < -0.4 is 4.90 Å². The molecule has 1 aliphatic heterocycles. The molecule has 3 rings (SSSR count). The quantitative estimate of drug-likeness (QED) is 0.775. The fourth-order valence-corrected chi connectivity index (χ4v) is 2.67. The fraction of sp³-hybridized carbons (Fsp3) is 0.533. The van der Waals surface area contributed by atoms with Crippen molar-refractivity contribution in [3.63, 3.8) is 0 Å². The van der Waals surface area contributed by atoms with E-state index in [1.165, 1.54) is 0 Å². The van der Waals surface area contributed by atoms with Crippen LogP contribution in [-0.2, 0) is 11.3 Å². The molecule has 0 amide bonds. The third kappa shape index (κ3) is 4.02. The average molecular weight is 302 g/mol. The Morgan fingerprint density at radius 3 is 3.05 bits per heavy atom. The first kappa shape index (κ1) is 14.9. The van der Waals surface area contributed by atoms with Crippen LogP contribution in [0.1, 0.15) is 0 Å². The third-order valence-corrected chi connectivity index (χ3v) is 3.85. The number of likely N-dealkylation sites (N-methyl/N-ethyl adjacent to an activating group) is 1. The number of nitrogens with zero attached hydrogens (tertiary/aromatic N) is 6. The van der Waals surface area contributed by atoms with Crippen molar-refractivity contribution in [1.29, 1.82) is 0 Å². The Bertz CT molecular complexity index is 546. The molecule has 7 heteroatoms. The summed E-state index contributed by atoms with van der Waals surface area (Å²) in [5.74, 6) is 0.875. The molecule has 1 fully saturated rings. The van der Waals surface area contributed by atoms with Crippen LogP contribution in [0, 0.1) is 0 Å². The van der Waals surface area contributed by atoms with Gasteiger partial charge < -0.3 is 9.64 Å². The topological polar surface area (TPSA) is 59.3 Å². The van der Waals surface area contributed by atoms with E-state index in [4.69, 9.17) is 4.74 Å². The van der Waals surface area contributed by atoms with Crippen LogP contribution in [0.5, 0.6) is 0 Å². The zero-order valence-corrected chi connectivity index (χ0v) is 12.9. The van der Waals surface area contributed by atoms with Gasteiger partial charge in [-0.05, 0) is 18.2 Å². The molecule has 2 aromatic rings. The van der Waals surface area contributed by atoms with E-state index in [-0.39, 0.29) is 6.10 Å².